The number of thiocarbonyl (C=S) groups is 1. The lowest BCUT2D eigenvalue weighted by atomic mass is 10.0. The smallest absolute Gasteiger partial charge is 0.408 e. The molecule has 134 valence electrons. The molecule has 1 aliphatic rings. The number of rotatable bonds is 3. The van der Waals surface area contributed by atoms with Crippen molar-refractivity contribution < 1.29 is 19.1 Å². The van der Waals surface area contributed by atoms with E-state index in [9.17, 15) is 14.4 Å². The van der Waals surface area contributed by atoms with Crippen LogP contribution < -0.4 is 5.32 Å². The van der Waals surface area contributed by atoms with E-state index < -0.39 is 29.6 Å². The van der Waals surface area contributed by atoms with Crippen LogP contribution in [-0.2, 0) is 4.74 Å². The first-order chi connectivity index (χ1) is 11.5. The topological polar surface area (TPSA) is 75.7 Å². The molecule has 1 aliphatic heterocycles. The van der Waals surface area contributed by atoms with Crippen LogP contribution in [0.1, 0.15) is 55.3 Å². The summed E-state index contributed by atoms with van der Waals surface area (Å²) in [6.07, 6.45) is -0.648. The minimum atomic E-state index is -0.688. The zero-order valence-corrected chi connectivity index (χ0v) is 15.8. The summed E-state index contributed by atoms with van der Waals surface area (Å²) >= 11 is 5.39. The fourth-order valence-electron chi connectivity index (χ4n) is 2.48. The average Bonchev–Trinajstić information content (AvgIpc) is 2.74. The molecule has 0 spiro atoms. The number of imide groups is 1. The van der Waals surface area contributed by atoms with Gasteiger partial charge in [-0.1, -0.05) is 38.2 Å². The molecule has 0 bridgehead atoms. The van der Waals surface area contributed by atoms with Gasteiger partial charge < -0.3 is 10.1 Å². The lowest BCUT2D eigenvalue weighted by Crippen LogP contribution is -2.52. The highest BCUT2D eigenvalue weighted by molar-refractivity contribution is 7.80. The molecular formula is C18H22N2O4S. The summed E-state index contributed by atoms with van der Waals surface area (Å²) in [4.78, 5) is 38.2. The first-order valence-electron chi connectivity index (χ1n) is 8.04. The SMILES string of the molecule is CC(C)[C@H](NC(=O)OC(C)(C)C)C(=S)N1C(=O)c2ccccc2C1=O. The minimum Gasteiger partial charge on any atom is -0.444 e. The Kier molecular flexibility index (Phi) is 5.27. The third-order valence-corrected chi connectivity index (χ3v) is 4.06. The molecule has 6 nitrogen and oxygen atoms in total. The Bertz CT molecular complexity index is 702. The second-order valence-corrected chi connectivity index (χ2v) is 7.62. The lowest BCUT2D eigenvalue weighted by molar-refractivity contribution is 0.0500. The van der Waals surface area contributed by atoms with Crippen LogP contribution in [-0.4, -0.2) is 39.4 Å². The molecule has 0 unspecified atom stereocenters. The monoisotopic (exact) mass is 362 g/mol. The summed E-state index contributed by atoms with van der Waals surface area (Å²) in [6.45, 7) is 8.93. The van der Waals surface area contributed by atoms with Crippen molar-refractivity contribution in [2.45, 2.75) is 46.3 Å². The van der Waals surface area contributed by atoms with Crippen LogP contribution in [0.2, 0.25) is 0 Å². The molecule has 0 fully saturated rings. The largest absolute Gasteiger partial charge is 0.444 e. The van der Waals surface area contributed by atoms with Crippen LogP contribution in [0.15, 0.2) is 24.3 Å². The molecule has 0 saturated carbocycles. The van der Waals surface area contributed by atoms with Gasteiger partial charge in [0.15, 0.2) is 0 Å². The number of carbonyl (C=O) groups is 3. The quantitative estimate of drug-likeness (QED) is 0.660. The summed E-state index contributed by atoms with van der Waals surface area (Å²) in [5.41, 5.74) is -0.0350. The fraction of sp³-hybridized carbons (Fsp3) is 0.444. The molecule has 0 radical (unpaired) electrons. The van der Waals surface area contributed by atoms with E-state index in [1.165, 1.54) is 0 Å². The highest BCUT2D eigenvalue weighted by atomic mass is 32.1. The second-order valence-electron chi connectivity index (χ2n) is 7.20. The Hall–Kier alpha value is -2.28. The van der Waals surface area contributed by atoms with Crippen molar-refractivity contribution in [3.63, 3.8) is 0 Å². The van der Waals surface area contributed by atoms with Gasteiger partial charge in [-0.2, -0.15) is 0 Å². The molecule has 1 atom stereocenters. The van der Waals surface area contributed by atoms with Gasteiger partial charge in [0, 0.05) is 0 Å². The Balaban J connectivity index is 2.23. The molecule has 1 N–H and O–H groups in total. The van der Waals surface area contributed by atoms with E-state index in [0.717, 1.165) is 4.90 Å². The minimum absolute atomic E-state index is 0.0621. The van der Waals surface area contributed by atoms with E-state index in [4.69, 9.17) is 17.0 Å². The van der Waals surface area contributed by atoms with Crippen LogP contribution in [0.5, 0.6) is 0 Å². The van der Waals surface area contributed by atoms with E-state index >= 15 is 0 Å². The summed E-state index contributed by atoms with van der Waals surface area (Å²) in [5, 5.41) is 2.67. The highest BCUT2D eigenvalue weighted by Crippen LogP contribution is 2.25. The maximum absolute atomic E-state index is 12.6. The van der Waals surface area contributed by atoms with E-state index in [1.807, 2.05) is 13.8 Å². The molecule has 3 amide bonds. The molecule has 7 heteroatoms. The number of hydrogen-bond acceptors (Lipinski definition) is 5. The zero-order valence-electron chi connectivity index (χ0n) is 15.0. The summed E-state index contributed by atoms with van der Waals surface area (Å²) in [5.74, 6) is -1.08. The van der Waals surface area contributed by atoms with Crippen LogP contribution in [0.25, 0.3) is 0 Å². The number of nitrogens with zero attached hydrogens (tertiary/aromatic N) is 1. The van der Waals surface area contributed by atoms with Gasteiger partial charge in [-0.3, -0.25) is 9.59 Å². The maximum Gasteiger partial charge on any atom is 0.408 e. The number of nitrogens with one attached hydrogen (secondary N) is 1. The van der Waals surface area contributed by atoms with Crippen molar-refractivity contribution in [2.75, 3.05) is 0 Å². The van der Waals surface area contributed by atoms with Gasteiger partial charge in [-0.15, -0.1) is 0 Å². The van der Waals surface area contributed by atoms with E-state index in [-0.39, 0.29) is 10.9 Å². The van der Waals surface area contributed by atoms with Crippen molar-refractivity contribution >= 4 is 35.1 Å². The van der Waals surface area contributed by atoms with Crippen LogP contribution in [0.4, 0.5) is 4.79 Å². The third kappa shape index (κ3) is 4.04. The number of ether oxygens (including phenoxy) is 1. The summed E-state index contributed by atoms with van der Waals surface area (Å²) < 4.78 is 5.25. The van der Waals surface area contributed by atoms with Crippen molar-refractivity contribution in [2.24, 2.45) is 5.92 Å². The molecule has 2 rings (SSSR count). The molecule has 1 heterocycles. The van der Waals surface area contributed by atoms with Crippen LogP contribution in [0, 0.1) is 5.92 Å². The van der Waals surface area contributed by atoms with Crippen molar-refractivity contribution in [3.8, 4) is 0 Å². The number of alkyl carbamates (subject to hydrolysis) is 1. The molecule has 0 saturated heterocycles. The Labute approximate surface area is 152 Å². The highest BCUT2D eigenvalue weighted by Gasteiger charge is 2.41. The Morgan fingerprint density at radius 2 is 1.60 bits per heavy atom. The summed E-state index contributed by atoms with van der Waals surface area (Å²) in [7, 11) is 0. The predicted octanol–water partition coefficient (Wildman–Crippen LogP) is 3.16. The molecule has 0 aliphatic carbocycles. The molecule has 1 aromatic carbocycles. The van der Waals surface area contributed by atoms with Crippen LogP contribution in [0.3, 0.4) is 0 Å². The Morgan fingerprint density at radius 1 is 1.12 bits per heavy atom. The number of carbonyl (C=O) groups excluding carboxylic acids is 3. The first kappa shape index (κ1) is 19.1. The van der Waals surface area contributed by atoms with E-state index in [2.05, 4.69) is 5.32 Å². The van der Waals surface area contributed by atoms with Gasteiger partial charge in [0.25, 0.3) is 11.8 Å². The number of benzene rings is 1. The molecule has 0 aromatic heterocycles. The maximum atomic E-state index is 12.6. The standard InChI is InChI=1S/C18H22N2O4S/c1-10(2)13(19-17(23)24-18(3,4)5)16(25)20-14(21)11-8-6-7-9-12(11)15(20)22/h6-10,13H,1-5H3,(H,19,23)/t13-/m0/s1. The fourth-order valence-corrected chi connectivity index (χ4v) is 2.97. The normalized spacial score (nSPS) is 15.2. The van der Waals surface area contributed by atoms with Gasteiger partial charge in [0.2, 0.25) is 0 Å². The van der Waals surface area contributed by atoms with Gasteiger partial charge in [0.05, 0.1) is 17.2 Å². The van der Waals surface area contributed by atoms with E-state index in [1.54, 1.807) is 45.0 Å². The number of hydrogen-bond donors (Lipinski definition) is 1. The average molecular weight is 362 g/mol. The van der Waals surface area contributed by atoms with Gasteiger partial charge in [-0.25, -0.2) is 9.69 Å². The van der Waals surface area contributed by atoms with E-state index in [0.29, 0.717) is 11.1 Å². The second kappa shape index (κ2) is 6.92. The predicted molar refractivity (Wildman–Crippen MR) is 97.5 cm³/mol. The third-order valence-electron chi connectivity index (χ3n) is 3.62. The lowest BCUT2D eigenvalue weighted by Gasteiger charge is -2.29. The molecular weight excluding hydrogens is 340 g/mol. The van der Waals surface area contributed by atoms with Gasteiger partial charge in [0.1, 0.15) is 10.6 Å². The summed E-state index contributed by atoms with van der Waals surface area (Å²) in [6, 6.07) is 5.87. The van der Waals surface area contributed by atoms with Gasteiger partial charge in [-0.05, 0) is 38.8 Å². The molecule has 1 aromatic rings. The first-order valence-corrected chi connectivity index (χ1v) is 8.45. The number of fused-ring (bicyclic) bond motifs is 1. The van der Waals surface area contributed by atoms with Crippen LogP contribution >= 0.6 is 12.2 Å². The zero-order chi connectivity index (χ0) is 18.9. The van der Waals surface area contributed by atoms with Gasteiger partial charge >= 0.3 is 6.09 Å². The van der Waals surface area contributed by atoms with Crippen molar-refractivity contribution in [1.29, 1.82) is 0 Å². The number of amides is 3. The van der Waals surface area contributed by atoms with Crippen molar-refractivity contribution in [1.82, 2.24) is 10.2 Å². The Morgan fingerprint density at radius 3 is 2.00 bits per heavy atom. The molecule has 25 heavy (non-hydrogen) atoms. The van der Waals surface area contributed by atoms with Crippen molar-refractivity contribution in [3.05, 3.63) is 35.4 Å².